The van der Waals surface area contributed by atoms with E-state index < -0.39 is 0 Å². The lowest BCUT2D eigenvalue weighted by Gasteiger charge is -2.32. The van der Waals surface area contributed by atoms with Gasteiger partial charge in [0.05, 0.1) is 10.7 Å². The summed E-state index contributed by atoms with van der Waals surface area (Å²) in [6.45, 7) is 2.39. The topological polar surface area (TPSA) is 87.5 Å². The van der Waals surface area contributed by atoms with Gasteiger partial charge in [0.1, 0.15) is 5.82 Å². The summed E-state index contributed by atoms with van der Waals surface area (Å²) in [6, 6.07) is 13.5. The second-order valence-corrected chi connectivity index (χ2v) is 9.78. The third kappa shape index (κ3) is 5.41. The van der Waals surface area contributed by atoms with E-state index in [1.807, 2.05) is 47.5 Å². The predicted octanol–water partition coefficient (Wildman–Crippen LogP) is 5.24. The molecule has 4 heterocycles. The van der Waals surface area contributed by atoms with E-state index in [2.05, 4.69) is 42.7 Å². The molecule has 1 aliphatic rings. The van der Waals surface area contributed by atoms with Crippen LogP contribution in [0.5, 0.6) is 0 Å². The predicted molar refractivity (Wildman–Crippen MR) is 139 cm³/mol. The number of hydrogen-bond donors (Lipinski definition) is 2. The lowest BCUT2D eigenvalue weighted by atomic mass is 9.93. The SMILES string of the molecule is O=C(NCc1ccccc1Cl)N1CCC(c2cc(NCc3cccnc3)n3ncc(Br)c3n2)CC1. The van der Waals surface area contributed by atoms with E-state index in [9.17, 15) is 4.79 Å². The van der Waals surface area contributed by atoms with Crippen molar-refractivity contribution >= 4 is 45.0 Å². The van der Waals surface area contributed by atoms with Crippen LogP contribution in [-0.2, 0) is 13.1 Å². The van der Waals surface area contributed by atoms with Crippen LogP contribution in [0.4, 0.5) is 10.6 Å². The Morgan fingerprint density at radius 2 is 1.94 bits per heavy atom. The first-order chi connectivity index (χ1) is 17.1. The minimum Gasteiger partial charge on any atom is -0.366 e. The van der Waals surface area contributed by atoms with Gasteiger partial charge in [0.25, 0.3) is 0 Å². The summed E-state index contributed by atoms with van der Waals surface area (Å²) < 4.78 is 2.65. The number of nitrogens with one attached hydrogen (secondary N) is 2. The molecule has 5 rings (SSSR count). The molecule has 0 saturated carbocycles. The Hall–Kier alpha value is -3.17. The van der Waals surface area contributed by atoms with Gasteiger partial charge in [-0.1, -0.05) is 35.9 Å². The van der Waals surface area contributed by atoms with Gasteiger partial charge in [-0.25, -0.2) is 9.78 Å². The molecule has 1 fully saturated rings. The van der Waals surface area contributed by atoms with Gasteiger partial charge in [-0.2, -0.15) is 9.61 Å². The van der Waals surface area contributed by atoms with Gasteiger partial charge in [0.2, 0.25) is 0 Å². The Labute approximate surface area is 216 Å². The molecule has 35 heavy (non-hydrogen) atoms. The number of rotatable bonds is 6. The van der Waals surface area contributed by atoms with E-state index in [1.165, 1.54) is 0 Å². The minimum atomic E-state index is -0.0656. The molecule has 0 radical (unpaired) electrons. The number of hydrogen-bond acceptors (Lipinski definition) is 5. The molecule has 0 aliphatic carbocycles. The third-order valence-corrected chi connectivity index (χ3v) is 7.16. The maximum Gasteiger partial charge on any atom is 0.317 e. The molecule has 2 N–H and O–H groups in total. The van der Waals surface area contributed by atoms with Gasteiger partial charge in [0, 0.05) is 61.3 Å². The molecular formula is C25H25BrClN7O. The number of carbonyl (C=O) groups is 1. The summed E-state index contributed by atoms with van der Waals surface area (Å²) >= 11 is 9.78. The van der Waals surface area contributed by atoms with Crippen LogP contribution in [0.25, 0.3) is 5.65 Å². The number of halogens is 2. The van der Waals surface area contributed by atoms with Crippen molar-refractivity contribution in [2.24, 2.45) is 0 Å². The second-order valence-electron chi connectivity index (χ2n) is 8.52. The highest BCUT2D eigenvalue weighted by molar-refractivity contribution is 9.10. The Morgan fingerprint density at radius 1 is 1.11 bits per heavy atom. The fraction of sp³-hybridized carbons (Fsp3) is 0.280. The second kappa shape index (κ2) is 10.6. The van der Waals surface area contributed by atoms with Crippen LogP contribution in [0.15, 0.2) is 65.5 Å². The Bertz CT molecular complexity index is 1320. The molecule has 0 unspecified atom stereocenters. The van der Waals surface area contributed by atoms with Crippen LogP contribution in [0, 0.1) is 0 Å². The van der Waals surface area contributed by atoms with Crippen molar-refractivity contribution in [1.82, 2.24) is 29.8 Å². The molecule has 8 nitrogen and oxygen atoms in total. The normalized spacial score (nSPS) is 14.3. The Kier molecular flexibility index (Phi) is 7.15. The average molecular weight is 555 g/mol. The van der Waals surface area contributed by atoms with E-state index in [0.717, 1.165) is 45.6 Å². The maximum absolute atomic E-state index is 12.7. The molecule has 4 aromatic rings. The number of nitrogens with zero attached hydrogens (tertiary/aromatic N) is 5. The van der Waals surface area contributed by atoms with E-state index in [-0.39, 0.29) is 11.9 Å². The number of amides is 2. The quantitative estimate of drug-likeness (QED) is 0.340. The van der Waals surface area contributed by atoms with Crippen LogP contribution < -0.4 is 10.6 Å². The Balaban J connectivity index is 1.25. The monoisotopic (exact) mass is 553 g/mol. The highest BCUT2D eigenvalue weighted by Crippen LogP contribution is 2.30. The fourth-order valence-corrected chi connectivity index (χ4v) is 4.84. The highest BCUT2D eigenvalue weighted by Gasteiger charge is 2.26. The summed E-state index contributed by atoms with van der Waals surface area (Å²) in [6.07, 6.45) is 7.05. The number of piperidine rings is 1. The number of anilines is 1. The number of likely N-dealkylation sites (tertiary alicyclic amines) is 1. The molecule has 10 heteroatoms. The van der Waals surface area contributed by atoms with Gasteiger partial charge >= 0.3 is 6.03 Å². The van der Waals surface area contributed by atoms with Crippen molar-refractivity contribution in [3.63, 3.8) is 0 Å². The van der Waals surface area contributed by atoms with Crippen molar-refractivity contribution in [3.05, 3.63) is 87.4 Å². The highest BCUT2D eigenvalue weighted by atomic mass is 79.9. The Morgan fingerprint density at radius 3 is 2.71 bits per heavy atom. The van der Waals surface area contributed by atoms with E-state index in [0.29, 0.717) is 31.2 Å². The fourth-order valence-electron chi connectivity index (χ4n) is 4.29. The summed E-state index contributed by atoms with van der Waals surface area (Å²) in [5.74, 6) is 1.13. The first-order valence-electron chi connectivity index (χ1n) is 11.5. The van der Waals surface area contributed by atoms with Crippen molar-refractivity contribution < 1.29 is 4.79 Å². The van der Waals surface area contributed by atoms with Crippen LogP contribution in [0.3, 0.4) is 0 Å². The van der Waals surface area contributed by atoms with Crippen molar-refractivity contribution in [2.75, 3.05) is 18.4 Å². The molecular weight excluding hydrogens is 530 g/mol. The molecule has 1 aromatic carbocycles. The summed E-state index contributed by atoms with van der Waals surface area (Å²) in [5.41, 5.74) is 3.77. The third-order valence-electron chi connectivity index (χ3n) is 6.23. The molecule has 3 aromatic heterocycles. The first kappa shape index (κ1) is 23.6. The minimum absolute atomic E-state index is 0.0656. The van der Waals surface area contributed by atoms with Gasteiger partial charge in [-0.05, 0) is 52.0 Å². The van der Waals surface area contributed by atoms with Crippen molar-refractivity contribution in [2.45, 2.75) is 31.8 Å². The number of benzene rings is 1. The molecule has 1 aliphatic heterocycles. The summed E-state index contributed by atoms with van der Waals surface area (Å²) in [4.78, 5) is 23.7. The van der Waals surface area contributed by atoms with Gasteiger partial charge in [0.15, 0.2) is 5.65 Å². The lowest BCUT2D eigenvalue weighted by Crippen LogP contribution is -2.44. The molecule has 2 amide bonds. The average Bonchev–Trinajstić information content (AvgIpc) is 3.28. The maximum atomic E-state index is 12.7. The summed E-state index contributed by atoms with van der Waals surface area (Å²) in [5, 5.41) is 11.6. The van der Waals surface area contributed by atoms with Gasteiger partial charge in [-0.3, -0.25) is 4.98 Å². The van der Waals surface area contributed by atoms with Crippen molar-refractivity contribution in [3.8, 4) is 0 Å². The molecule has 180 valence electrons. The zero-order valence-corrected chi connectivity index (χ0v) is 21.3. The van der Waals surface area contributed by atoms with E-state index in [4.69, 9.17) is 16.6 Å². The first-order valence-corrected chi connectivity index (χ1v) is 12.7. The van der Waals surface area contributed by atoms with E-state index in [1.54, 1.807) is 16.9 Å². The van der Waals surface area contributed by atoms with Gasteiger partial charge < -0.3 is 15.5 Å². The van der Waals surface area contributed by atoms with Crippen molar-refractivity contribution in [1.29, 1.82) is 0 Å². The molecule has 0 bridgehead atoms. The number of pyridine rings is 1. The standard InChI is InChI=1S/C25H25BrClN7O/c26-20-16-31-34-23(29-14-17-4-3-9-28-13-17)12-22(32-24(20)34)18-7-10-33(11-8-18)25(35)30-15-19-5-1-2-6-21(19)27/h1-6,9,12-13,16,18,29H,7-8,10-11,14-15H2,(H,30,35). The van der Waals surface area contributed by atoms with Crippen LogP contribution in [-0.4, -0.2) is 43.6 Å². The summed E-state index contributed by atoms with van der Waals surface area (Å²) in [7, 11) is 0. The van der Waals surface area contributed by atoms with Crippen LogP contribution in [0.1, 0.15) is 35.6 Å². The largest absolute Gasteiger partial charge is 0.366 e. The lowest BCUT2D eigenvalue weighted by molar-refractivity contribution is 0.180. The molecule has 0 spiro atoms. The molecule has 1 saturated heterocycles. The zero-order valence-electron chi connectivity index (χ0n) is 19.0. The zero-order chi connectivity index (χ0) is 24.2. The van der Waals surface area contributed by atoms with Crippen LogP contribution >= 0.6 is 27.5 Å². The number of fused-ring (bicyclic) bond motifs is 1. The smallest absolute Gasteiger partial charge is 0.317 e. The number of carbonyl (C=O) groups excluding carboxylic acids is 1. The molecule has 0 atom stereocenters. The number of urea groups is 1. The van der Waals surface area contributed by atoms with Crippen LogP contribution in [0.2, 0.25) is 5.02 Å². The number of aromatic nitrogens is 4. The van der Waals surface area contributed by atoms with E-state index >= 15 is 0 Å². The van der Waals surface area contributed by atoms with Gasteiger partial charge in [-0.15, -0.1) is 0 Å².